The van der Waals surface area contributed by atoms with Gasteiger partial charge in [-0.1, -0.05) is 6.42 Å². The Kier molecular flexibility index (Phi) is 3.35. The number of carbonyl (C=O) groups is 1. The van der Waals surface area contributed by atoms with Gasteiger partial charge in [0.1, 0.15) is 0 Å². The summed E-state index contributed by atoms with van der Waals surface area (Å²) in [6, 6.07) is 4.55. The van der Waals surface area contributed by atoms with Crippen molar-refractivity contribution in [3.05, 3.63) is 23.5 Å². The van der Waals surface area contributed by atoms with Gasteiger partial charge in [0, 0.05) is 24.5 Å². The predicted octanol–water partition coefficient (Wildman–Crippen LogP) is 1.84. The molecule has 0 radical (unpaired) electrons. The minimum absolute atomic E-state index is 0.0406. The van der Waals surface area contributed by atoms with Crippen LogP contribution in [0.25, 0.3) is 0 Å². The molecule has 104 valence electrons. The van der Waals surface area contributed by atoms with E-state index in [1.54, 1.807) is 0 Å². The van der Waals surface area contributed by atoms with Gasteiger partial charge >= 0.3 is 0 Å². The fourth-order valence-electron chi connectivity index (χ4n) is 3.38. The molecular formula is C15H23N3O. The fourth-order valence-corrected chi connectivity index (χ4v) is 3.38. The van der Waals surface area contributed by atoms with Crippen molar-refractivity contribution in [2.24, 2.45) is 0 Å². The molecule has 1 aromatic heterocycles. The van der Waals surface area contributed by atoms with Crippen molar-refractivity contribution in [1.29, 1.82) is 0 Å². The Morgan fingerprint density at radius 2 is 2.16 bits per heavy atom. The molecule has 4 nitrogen and oxygen atoms in total. The number of nitrogens with zero attached hydrogens (tertiary/aromatic N) is 2. The first-order valence-electron chi connectivity index (χ1n) is 7.38. The average molecular weight is 261 g/mol. The highest BCUT2D eigenvalue weighted by atomic mass is 16.2. The van der Waals surface area contributed by atoms with Crippen molar-refractivity contribution in [2.45, 2.75) is 51.7 Å². The number of carbonyl (C=O) groups excluding carboxylic acids is 1. The van der Waals surface area contributed by atoms with E-state index >= 15 is 0 Å². The Bertz CT molecular complexity index is 474. The minimum atomic E-state index is 0.0406. The number of aromatic nitrogens is 1. The summed E-state index contributed by atoms with van der Waals surface area (Å²) >= 11 is 0. The first kappa shape index (κ1) is 12.7. The van der Waals surface area contributed by atoms with Crippen LogP contribution >= 0.6 is 0 Å². The first-order valence-corrected chi connectivity index (χ1v) is 7.38. The van der Waals surface area contributed by atoms with Gasteiger partial charge < -0.3 is 14.8 Å². The van der Waals surface area contributed by atoms with Crippen LogP contribution < -0.4 is 5.32 Å². The number of amides is 1. The molecule has 3 rings (SSSR count). The van der Waals surface area contributed by atoms with Crippen molar-refractivity contribution in [1.82, 2.24) is 14.8 Å². The molecule has 0 aromatic carbocycles. The normalized spacial score (nSPS) is 27.2. The standard InChI is InChI=1S/C15H23N3O/c1-11-6-7-14-12(2)18(10-9-17(11)14)15(19)13-5-3-4-8-16-13/h6-7,12-13,16H,3-5,8-10H2,1-2H3/t12?,13-/m1/s1. The second-order valence-corrected chi connectivity index (χ2v) is 5.76. The highest BCUT2D eigenvalue weighted by Crippen LogP contribution is 2.28. The summed E-state index contributed by atoms with van der Waals surface area (Å²) in [6.07, 6.45) is 3.35. The van der Waals surface area contributed by atoms with Gasteiger partial charge in [0.15, 0.2) is 0 Å². The third-order valence-corrected chi connectivity index (χ3v) is 4.58. The SMILES string of the molecule is Cc1ccc2n1CCN(C(=O)[C@H]1CCCCN1)C2C. The van der Waals surface area contributed by atoms with Gasteiger partial charge in [-0.05, 0) is 45.4 Å². The number of piperidine rings is 1. The molecule has 2 aliphatic rings. The maximum atomic E-state index is 12.6. The van der Waals surface area contributed by atoms with E-state index in [0.29, 0.717) is 0 Å². The van der Waals surface area contributed by atoms with Gasteiger partial charge in [-0.3, -0.25) is 4.79 Å². The molecule has 1 fully saturated rings. The smallest absolute Gasteiger partial charge is 0.240 e. The Balaban J connectivity index is 1.77. The number of hydrogen-bond acceptors (Lipinski definition) is 2. The molecule has 1 saturated heterocycles. The zero-order chi connectivity index (χ0) is 13.4. The van der Waals surface area contributed by atoms with Crippen LogP contribution in [0.2, 0.25) is 0 Å². The number of fused-ring (bicyclic) bond motifs is 1. The van der Waals surface area contributed by atoms with Crippen LogP contribution in [0.1, 0.15) is 43.6 Å². The maximum Gasteiger partial charge on any atom is 0.240 e. The van der Waals surface area contributed by atoms with Gasteiger partial charge in [-0.2, -0.15) is 0 Å². The number of aryl methyl sites for hydroxylation is 1. The van der Waals surface area contributed by atoms with Gasteiger partial charge in [0.2, 0.25) is 5.91 Å². The van der Waals surface area contributed by atoms with Gasteiger partial charge in [-0.25, -0.2) is 0 Å². The van der Waals surface area contributed by atoms with Crippen LogP contribution in [-0.2, 0) is 11.3 Å². The Labute approximate surface area is 114 Å². The summed E-state index contributed by atoms with van der Waals surface area (Å²) in [5.74, 6) is 0.289. The van der Waals surface area contributed by atoms with Crippen LogP contribution in [0.5, 0.6) is 0 Å². The van der Waals surface area contributed by atoms with E-state index in [1.807, 2.05) is 0 Å². The number of rotatable bonds is 1. The van der Waals surface area contributed by atoms with Crippen LogP contribution in [0.15, 0.2) is 12.1 Å². The molecule has 0 bridgehead atoms. The number of nitrogens with one attached hydrogen (secondary N) is 1. The lowest BCUT2D eigenvalue weighted by atomic mass is 10.0. The summed E-state index contributed by atoms with van der Waals surface area (Å²) in [7, 11) is 0. The molecule has 0 aliphatic carbocycles. The van der Waals surface area contributed by atoms with E-state index in [2.05, 4.69) is 40.8 Å². The third-order valence-electron chi connectivity index (χ3n) is 4.58. The van der Waals surface area contributed by atoms with E-state index in [0.717, 1.165) is 26.1 Å². The molecule has 0 spiro atoms. The van der Waals surface area contributed by atoms with Gasteiger partial charge in [0.25, 0.3) is 0 Å². The lowest BCUT2D eigenvalue weighted by Gasteiger charge is -2.38. The molecule has 2 aliphatic heterocycles. The first-order chi connectivity index (χ1) is 9.18. The van der Waals surface area contributed by atoms with E-state index < -0.39 is 0 Å². The van der Waals surface area contributed by atoms with E-state index in [4.69, 9.17) is 0 Å². The molecular weight excluding hydrogens is 238 g/mol. The second-order valence-electron chi connectivity index (χ2n) is 5.76. The molecule has 3 heterocycles. The highest BCUT2D eigenvalue weighted by Gasteiger charge is 2.32. The lowest BCUT2D eigenvalue weighted by molar-refractivity contribution is -0.137. The van der Waals surface area contributed by atoms with Crippen LogP contribution in [-0.4, -0.2) is 34.5 Å². The lowest BCUT2D eigenvalue weighted by Crippen LogP contribution is -2.51. The average Bonchev–Trinajstić information content (AvgIpc) is 2.82. The number of hydrogen-bond donors (Lipinski definition) is 1. The Morgan fingerprint density at radius 1 is 1.32 bits per heavy atom. The van der Waals surface area contributed by atoms with Crippen LogP contribution in [0.3, 0.4) is 0 Å². The largest absolute Gasteiger partial charge is 0.345 e. The van der Waals surface area contributed by atoms with Crippen molar-refractivity contribution in [3.8, 4) is 0 Å². The molecule has 19 heavy (non-hydrogen) atoms. The zero-order valence-corrected chi connectivity index (χ0v) is 11.9. The predicted molar refractivity (Wildman–Crippen MR) is 74.9 cm³/mol. The Morgan fingerprint density at radius 3 is 2.89 bits per heavy atom. The van der Waals surface area contributed by atoms with E-state index in [9.17, 15) is 4.79 Å². The van der Waals surface area contributed by atoms with E-state index in [1.165, 1.54) is 24.2 Å². The summed E-state index contributed by atoms with van der Waals surface area (Å²) in [5.41, 5.74) is 2.57. The topological polar surface area (TPSA) is 37.3 Å². The molecule has 1 amide bonds. The molecule has 0 saturated carbocycles. The molecule has 4 heteroatoms. The monoisotopic (exact) mass is 261 g/mol. The summed E-state index contributed by atoms with van der Waals surface area (Å²) in [5, 5.41) is 3.37. The van der Waals surface area contributed by atoms with Gasteiger partial charge in [0.05, 0.1) is 12.1 Å². The van der Waals surface area contributed by atoms with Crippen LogP contribution in [0.4, 0.5) is 0 Å². The van der Waals surface area contributed by atoms with Crippen molar-refractivity contribution >= 4 is 5.91 Å². The summed E-state index contributed by atoms with van der Waals surface area (Å²) < 4.78 is 2.34. The third kappa shape index (κ3) is 2.18. The maximum absolute atomic E-state index is 12.6. The Hall–Kier alpha value is -1.29. The van der Waals surface area contributed by atoms with E-state index in [-0.39, 0.29) is 18.0 Å². The molecule has 1 unspecified atom stereocenters. The summed E-state index contributed by atoms with van der Waals surface area (Å²) in [4.78, 5) is 14.7. The fraction of sp³-hybridized carbons (Fsp3) is 0.667. The molecule has 2 atom stereocenters. The van der Waals surface area contributed by atoms with Gasteiger partial charge in [-0.15, -0.1) is 0 Å². The molecule has 1 N–H and O–H groups in total. The molecule has 1 aromatic rings. The quantitative estimate of drug-likeness (QED) is 0.837. The highest BCUT2D eigenvalue weighted by molar-refractivity contribution is 5.82. The van der Waals surface area contributed by atoms with Crippen LogP contribution in [0, 0.1) is 6.92 Å². The minimum Gasteiger partial charge on any atom is -0.345 e. The van der Waals surface area contributed by atoms with Crippen molar-refractivity contribution in [2.75, 3.05) is 13.1 Å². The second kappa shape index (κ2) is 5.00. The van der Waals surface area contributed by atoms with Crippen molar-refractivity contribution < 1.29 is 4.79 Å². The van der Waals surface area contributed by atoms with Crippen molar-refractivity contribution in [3.63, 3.8) is 0 Å². The zero-order valence-electron chi connectivity index (χ0n) is 11.9. The summed E-state index contributed by atoms with van der Waals surface area (Å²) in [6.45, 7) is 7.02.